The van der Waals surface area contributed by atoms with Gasteiger partial charge in [-0.15, -0.1) is 0 Å². The summed E-state index contributed by atoms with van der Waals surface area (Å²) >= 11 is 7.77. The third-order valence-corrected chi connectivity index (χ3v) is 7.94. The Kier molecular flexibility index (Phi) is 8.15. The van der Waals surface area contributed by atoms with Crippen molar-refractivity contribution in [3.05, 3.63) is 82.9 Å². The Morgan fingerprint density at radius 1 is 1.11 bits per heavy atom. The zero-order valence-corrected chi connectivity index (χ0v) is 22.7. The summed E-state index contributed by atoms with van der Waals surface area (Å²) in [6.07, 6.45) is 1.01. The van der Waals surface area contributed by atoms with Gasteiger partial charge < -0.3 is 10.1 Å². The van der Waals surface area contributed by atoms with E-state index in [-0.39, 0.29) is 11.2 Å². The first kappa shape index (κ1) is 25.8. The number of halogens is 1. The van der Waals surface area contributed by atoms with Gasteiger partial charge in [0.2, 0.25) is 5.91 Å². The normalized spacial score (nSPS) is 15.1. The van der Waals surface area contributed by atoms with Crippen molar-refractivity contribution in [2.45, 2.75) is 30.7 Å². The van der Waals surface area contributed by atoms with E-state index in [1.807, 2.05) is 50.2 Å². The molecule has 0 aliphatic carbocycles. The van der Waals surface area contributed by atoms with Crippen LogP contribution in [0.4, 0.5) is 5.69 Å². The predicted octanol–water partition coefficient (Wildman–Crippen LogP) is 5.98. The highest BCUT2D eigenvalue weighted by molar-refractivity contribution is 8.00. The average Bonchev–Trinajstić information content (AvgIpc) is 3.27. The van der Waals surface area contributed by atoms with Crippen LogP contribution in [0.15, 0.2) is 71.9 Å². The number of nitrogens with zero attached hydrogens (tertiary/aromatic N) is 3. The highest BCUT2D eigenvalue weighted by atomic mass is 35.5. The van der Waals surface area contributed by atoms with Crippen molar-refractivity contribution in [3.8, 4) is 5.69 Å². The number of aryl methyl sites for hydroxylation is 1. The van der Waals surface area contributed by atoms with Crippen LogP contribution in [0.2, 0.25) is 5.02 Å². The van der Waals surface area contributed by atoms with Crippen molar-refractivity contribution in [2.24, 2.45) is 0 Å². The molecule has 5 rings (SSSR count). The number of amides is 1. The standard InChI is InChI=1S/C29H31ClN4O2S/c1-20-7-12-25(24(30)19-20)31-28(35)21(2)37-29-32-26-5-3-4-6-27(26)34(29)23-10-8-22(9-11-23)13-14-33-15-17-36-18-16-33/h3-12,19,21H,13-18H2,1-2H3,(H,31,35)/t21-/m0/s1. The minimum atomic E-state index is -0.374. The number of morpholine rings is 1. The first-order chi connectivity index (χ1) is 18.0. The molecule has 0 bridgehead atoms. The quantitative estimate of drug-likeness (QED) is 0.282. The van der Waals surface area contributed by atoms with Gasteiger partial charge in [-0.2, -0.15) is 0 Å². The molecular weight excluding hydrogens is 504 g/mol. The number of hydrogen-bond donors (Lipinski definition) is 1. The molecule has 4 aromatic rings. The summed E-state index contributed by atoms with van der Waals surface area (Å²) in [6.45, 7) is 8.54. The van der Waals surface area contributed by atoms with Gasteiger partial charge in [0.1, 0.15) is 0 Å². The van der Waals surface area contributed by atoms with E-state index in [9.17, 15) is 4.79 Å². The number of anilines is 1. The number of benzene rings is 3. The van der Waals surface area contributed by atoms with Crippen LogP contribution >= 0.6 is 23.4 Å². The molecule has 0 unspecified atom stereocenters. The van der Waals surface area contributed by atoms with Crippen LogP contribution in [0, 0.1) is 6.92 Å². The van der Waals surface area contributed by atoms with Crippen molar-refractivity contribution in [1.82, 2.24) is 14.5 Å². The summed E-state index contributed by atoms with van der Waals surface area (Å²) in [7, 11) is 0. The second-order valence-corrected chi connectivity index (χ2v) is 11.0. The molecule has 1 aromatic heterocycles. The van der Waals surface area contributed by atoms with E-state index in [2.05, 4.69) is 45.1 Å². The summed E-state index contributed by atoms with van der Waals surface area (Å²) in [4.78, 5) is 20.3. The maximum atomic E-state index is 13.0. The number of rotatable bonds is 8. The molecule has 8 heteroatoms. The van der Waals surface area contributed by atoms with Gasteiger partial charge in [-0.05, 0) is 67.8 Å². The second-order valence-electron chi connectivity index (χ2n) is 9.32. The second kappa shape index (κ2) is 11.7. The summed E-state index contributed by atoms with van der Waals surface area (Å²) in [5, 5.41) is 3.90. The van der Waals surface area contributed by atoms with E-state index >= 15 is 0 Å². The number of imidazole rings is 1. The molecule has 1 aliphatic heterocycles. The minimum Gasteiger partial charge on any atom is -0.379 e. The number of para-hydroxylation sites is 2. The lowest BCUT2D eigenvalue weighted by atomic mass is 10.1. The van der Waals surface area contributed by atoms with Crippen LogP contribution in [0.25, 0.3) is 16.7 Å². The number of aromatic nitrogens is 2. The number of carbonyl (C=O) groups excluding carboxylic acids is 1. The molecule has 0 radical (unpaired) electrons. The first-order valence-electron chi connectivity index (χ1n) is 12.6. The van der Waals surface area contributed by atoms with Crippen LogP contribution in [0.1, 0.15) is 18.1 Å². The van der Waals surface area contributed by atoms with Crippen molar-refractivity contribution < 1.29 is 9.53 Å². The Bertz CT molecular complexity index is 1380. The number of hydrogen-bond acceptors (Lipinski definition) is 5. The Labute approximate surface area is 227 Å². The minimum absolute atomic E-state index is 0.118. The van der Waals surface area contributed by atoms with Crippen molar-refractivity contribution in [3.63, 3.8) is 0 Å². The lowest BCUT2D eigenvalue weighted by Gasteiger charge is -2.26. The molecule has 1 atom stereocenters. The maximum absolute atomic E-state index is 13.0. The van der Waals surface area contributed by atoms with Crippen molar-refractivity contribution in [2.75, 3.05) is 38.2 Å². The fourth-order valence-electron chi connectivity index (χ4n) is 4.42. The zero-order valence-electron chi connectivity index (χ0n) is 21.1. The van der Waals surface area contributed by atoms with E-state index in [1.165, 1.54) is 17.3 Å². The van der Waals surface area contributed by atoms with E-state index in [0.717, 1.165) is 66.7 Å². The summed E-state index contributed by atoms with van der Waals surface area (Å²) in [6, 6.07) is 22.3. The molecule has 2 heterocycles. The van der Waals surface area contributed by atoms with Crippen LogP contribution in [0.3, 0.4) is 0 Å². The fraction of sp³-hybridized carbons (Fsp3) is 0.310. The molecule has 0 saturated carbocycles. The molecule has 1 fully saturated rings. The van der Waals surface area contributed by atoms with E-state index in [4.69, 9.17) is 21.3 Å². The van der Waals surface area contributed by atoms with Crippen LogP contribution in [-0.2, 0) is 16.0 Å². The van der Waals surface area contributed by atoms with Crippen LogP contribution < -0.4 is 5.32 Å². The Morgan fingerprint density at radius 2 is 1.86 bits per heavy atom. The Morgan fingerprint density at radius 3 is 2.62 bits per heavy atom. The van der Waals surface area contributed by atoms with Gasteiger partial charge in [0.15, 0.2) is 5.16 Å². The molecule has 192 valence electrons. The molecule has 1 saturated heterocycles. The molecule has 1 N–H and O–H groups in total. The smallest absolute Gasteiger partial charge is 0.237 e. The molecular formula is C29H31ClN4O2S. The van der Waals surface area contributed by atoms with Crippen molar-refractivity contribution >= 4 is 46.0 Å². The van der Waals surface area contributed by atoms with Crippen LogP contribution in [0.5, 0.6) is 0 Å². The third kappa shape index (κ3) is 6.18. The highest BCUT2D eigenvalue weighted by Crippen LogP contribution is 2.32. The SMILES string of the molecule is Cc1ccc(NC(=O)[C@H](C)Sc2nc3ccccc3n2-c2ccc(CCN3CCOCC3)cc2)c(Cl)c1. The third-order valence-electron chi connectivity index (χ3n) is 6.58. The summed E-state index contributed by atoms with van der Waals surface area (Å²) in [5.74, 6) is -0.118. The van der Waals surface area contributed by atoms with Gasteiger partial charge in [0.05, 0.1) is 40.2 Å². The molecule has 37 heavy (non-hydrogen) atoms. The molecule has 6 nitrogen and oxygen atoms in total. The largest absolute Gasteiger partial charge is 0.379 e. The molecule has 3 aromatic carbocycles. The average molecular weight is 535 g/mol. The predicted molar refractivity (Wildman–Crippen MR) is 152 cm³/mol. The maximum Gasteiger partial charge on any atom is 0.237 e. The molecule has 1 amide bonds. The summed E-state index contributed by atoms with van der Waals surface area (Å²) < 4.78 is 7.59. The van der Waals surface area contributed by atoms with Gasteiger partial charge >= 0.3 is 0 Å². The van der Waals surface area contributed by atoms with Gasteiger partial charge in [0.25, 0.3) is 0 Å². The van der Waals surface area contributed by atoms with Gasteiger partial charge in [0, 0.05) is 25.3 Å². The van der Waals surface area contributed by atoms with Crippen LogP contribution in [-0.4, -0.2) is 58.5 Å². The molecule has 0 spiro atoms. The summed E-state index contributed by atoms with van der Waals surface area (Å²) in [5.41, 5.74) is 5.91. The number of nitrogens with one attached hydrogen (secondary N) is 1. The lowest BCUT2D eigenvalue weighted by Crippen LogP contribution is -2.37. The number of fused-ring (bicyclic) bond motifs is 1. The Hall–Kier alpha value is -2.84. The number of thioether (sulfide) groups is 1. The zero-order chi connectivity index (χ0) is 25.8. The van der Waals surface area contributed by atoms with Gasteiger partial charge in [-0.3, -0.25) is 14.3 Å². The van der Waals surface area contributed by atoms with E-state index in [0.29, 0.717) is 10.7 Å². The first-order valence-corrected chi connectivity index (χ1v) is 13.8. The van der Waals surface area contributed by atoms with E-state index in [1.54, 1.807) is 0 Å². The Balaban J connectivity index is 1.34. The highest BCUT2D eigenvalue weighted by Gasteiger charge is 2.21. The van der Waals surface area contributed by atoms with Crippen molar-refractivity contribution in [1.29, 1.82) is 0 Å². The molecule has 1 aliphatic rings. The topological polar surface area (TPSA) is 59.4 Å². The van der Waals surface area contributed by atoms with Gasteiger partial charge in [-0.1, -0.05) is 53.7 Å². The monoisotopic (exact) mass is 534 g/mol. The van der Waals surface area contributed by atoms with Gasteiger partial charge in [-0.25, -0.2) is 4.98 Å². The lowest BCUT2D eigenvalue weighted by molar-refractivity contribution is -0.115. The number of ether oxygens (including phenoxy) is 1. The fourth-order valence-corrected chi connectivity index (χ4v) is 5.65. The number of carbonyl (C=O) groups is 1. The van der Waals surface area contributed by atoms with E-state index < -0.39 is 0 Å².